The van der Waals surface area contributed by atoms with Crippen LogP contribution >= 0.6 is 22.7 Å². The van der Waals surface area contributed by atoms with Crippen LogP contribution in [0.1, 0.15) is 4.88 Å². The van der Waals surface area contributed by atoms with Crippen LogP contribution in [0.2, 0.25) is 0 Å². The highest BCUT2D eigenvalue weighted by atomic mass is 32.1. The van der Waals surface area contributed by atoms with E-state index in [2.05, 4.69) is 18.4 Å². The summed E-state index contributed by atoms with van der Waals surface area (Å²) in [7, 11) is 0. The summed E-state index contributed by atoms with van der Waals surface area (Å²) in [4.78, 5) is 11.4. The Hall–Kier alpha value is -1.13. The maximum absolute atomic E-state index is 10.1. The van der Waals surface area contributed by atoms with Gasteiger partial charge in [-0.25, -0.2) is 0 Å². The molecule has 0 bridgehead atoms. The van der Waals surface area contributed by atoms with E-state index in [1.807, 2.05) is 11.4 Å². The first-order chi connectivity index (χ1) is 6.79. The molecule has 0 aliphatic heterocycles. The Kier molecular flexibility index (Phi) is 2.65. The van der Waals surface area contributed by atoms with Crippen molar-refractivity contribution in [2.75, 3.05) is 0 Å². The van der Waals surface area contributed by atoms with Crippen molar-refractivity contribution in [3.05, 3.63) is 27.8 Å². The molecule has 0 aromatic carbocycles. The molecule has 0 N–H and O–H groups in total. The van der Waals surface area contributed by atoms with Crippen molar-refractivity contribution in [3.63, 3.8) is 0 Å². The van der Waals surface area contributed by atoms with Crippen LogP contribution in [0.4, 0.5) is 0 Å². The Labute approximate surface area is 89.8 Å². The monoisotopic (exact) mass is 224 g/mol. The molecule has 4 heteroatoms. The summed E-state index contributed by atoms with van der Waals surface area (Å²) in [5.41, 5.74) is 2.29. The molecule has 2 aromatic heterocycles. The molecule has 0 atom stereocenters. The molecule has 0 spiro atoms. The number of carbonyl (C=O) groups excluding carboxylic acids is 1. The Balaban J connectivity index is 2.28. The largest absolute Gasteiger partial charge is 0.418 e. The number of thiophene rings is 2. The molecule has 0 saturated carbocycles. The van der Waals surface area contributed by atoms with E-state index < -0.39 is 0 Å². The highest BCUT2D eigenvalue weighted by Crippen LogP contribution is 2.32. The van der Waals surface area contributed by atoms with Crippen molar-refractivity contribution in [2.45, 2.75) is 6.92 Å². The average Bonchev–Trinajstić information content (AvgIpc) is 2.74. The average molecular weight is 224 g/mol. The van der Waals surface area contributed by atoms with Crippen LogP contribution in [-0.4, -0.2) is 6.47 Å². The van der Waals surface area contributed by atoms with Crippen LogP contribution in [0.15, 0.2) is 22.9 Å². The van der Waals surface area contributed by atoms with Gasteiger partial charge in [-0.3, -0.25) is 4.79 Å². The van der Waals surface area contributed by atoms with Gasteiger partial charge in [0.2, 0.25) is 0 Å². The van der Waals surface area contributed by atoms with Crippen LogP contribution in [0, 0.1) is 6.92 Å². The minimum Gasteiger partial charge on any atom is -0.418 e. The third-order valence-electron chi connectivity index (χ3n) is 1.80. The van der Waals surface area contributed by atoms with Crippen LogP contribution < -0.4 is 4.74 Å². The van der Waals surface area contributed by atoms with Gasteiger partial charge < -0.3 is 4.74 Å². The summed E-state index contributed by atoms with van der Waals surface area (Å²) in [5, 5.41) is 4.72. The Morgan fingerprint density at radius 3 is 2.57 bits per heavy atom. The lowest BCUT2D eigenvalue weighted by Gasteiger charge is -1.89. The second-order valence-electron chi connectivity index (χ2n) is 2.81. The molecular formula is C10H8O2S2. The highest BCUT2D eigenvalue weighted by Gasteiger charge is 2.04. The van der Waals surface area contributed by atoms with E-state index in [1.165, 1.54) is 21.8 Å². The third-order valence-corrected chi connectivity index (χ3v) is 3.48. The Bertz CT molecular complexity index is 442. The Morgan fingerprint density at radius 1 is 1.21 bits per heavy atom. The first-order valence-electron chi connectivity index (χ1n) is 4.04. The molecule has 2 nitrogen and oxygen atoms in total. The molecule has 14 heavy (non-hydrogen) atoms. The van der Waals surface area contributed by atoms with Crippen LogP contribution in [0.25, 0.3) is 11.1 Å². The lowest BCUT2D eigenvalue weighted by atomic mass is 10.2. The van der Waals surface area contributed by atoms with E-state index in [4.69, 9.17) is 4.74 Å². The number of ether oxygens (including phenoxy) is 1. The van der Waals surface area contributed by atoms with Crippen LogP contribution in [-0.2, 0) is 4.79 Å². The van der Waals surface area contributed by atoms with Gasteiger partial charge in [-0.1, -0.05) is 0 Å². The summed E-state index contributed by atoms with van der Waals surface area (Å²) in [6.45, 7) is 2.53. The maximum Gasteiger partial charge on any atom is 0.299 e. The molecule has 72 valence electrons. The van der Waals surface area contributed by atoms with Crippen molar-refractivity contribution in [1.29, 1.82) is 0 Å². The van der Waals surface area contributed by atoms with Crippen LogP contribution in [0.3, 0.4) is 0 Å². The molecule has 0 unspecified atom stereocenters. The molecule has 2 rings (SSSR count). The molecule has 0 radical (unpaired) electrons. The quantitative estimate of drug-likeness (QED) is 0.747. The smallest absolute Gasteiger partial charge is 0.299 e. The zero-order valence-corrected chi connectivity index (χ0v) is 9.15. The molecule has 0 fully saturated rings. The SMILES string of the molecule is Cc1cc(-c2csc(OC=O)c2)cs1. The van der Waals surface area contributed by atoms with Gasteiger partial charge in [0.15, 0.2) is 5.06 Å². The van der Waals surface area contributed by atoms with Gasteiger partial charge >= 0.3 is 0 Å². The van der Waals surface area contributed by atoms with E-state index in [9.17, 15) is 4.79 Å². The zero-order valence-electron chi connectivity index (χ0n) is 7.52. The summed E-state index contributed by atoms with van der Waals surface area (Å²) < 4.78 is 4.76. The first-order valence-corrected chi connectivity index (χ1v) is 5.80. The number of hydrogen-bond acceptors (Lipinski definition) is 4. The molecule has 0 aliphatic rings. The van der Waals surface area contributed by atoms with Crippen molar-refractivity contribution >= 4 is 29.1 Å². The number of aryl methyl sites for hydroxylation is 1. The van der Waals surface area contributed by atoms with Gasteiger partial charge in [0.05, 0.1) is 0 Å². The van der Waals surface area contributed by atoms with Gasteiger partial charge in [-0.15, -0.1) is 22.7 Å². The summed E-state index contributed by atoms with van der Waals surface area (Å²) in [6.07, 6.45) is 0. The predicted molar refractivity (Wildman–Crippen MR) is 59.1 cm³/mol. The van der Waals surface area contributed by atoms with Gasteiger partial charge in [0.1, 0.15) is 0 Å². The van der Waals surface area contributed by atoms with Crippen molar-refractivity contribution in [3.8, 4) is 16.2 Å². The number of rotatable bonds is 3. The summed E-state index contributed by atoms with van der Waals surface area (Å²) in [6, 6.07) is 4.00. The minimum atomic E-state index is 0.453. The number of hydrogen-bond donors (Lipinski definition) is 0. The molecule has 2 heterocycles. The van der Waals surface area contributed by atoms with E-state index in [-0.39, 0.29) is 0 Å². The van der Waals surface area contributed by atoms with Crippen LogP contribution in [0.5, 0.6) is 5.06 Å². The fourth-order valence-corrected chi connectivity index (χ4v) is 2.62. The van der Waals surface area contributed by atoms with E-state index in [1.54, 1.807) is 11.3 Å². The molecule has 2 aromatic rings. The predicted octanol–water partition coefficient (Wildman–Crippen LogP) is 3.32. The van der Waals surface area contributed by atoms with Gasteiger partial charge in [-0.05, 0) is 29.5 Å². The lowest BCUT2D eigenvalue weighted by Crippen LogP contribution is -1.83. The zero-order chi connectivity index (χ0) is 9.97. The van der Waals surface area contributed by atoms with Gasteiger partial charge in [0, 0.05) is 16.3 Å². The first kappa shape index (κ1) is 9.43. The van der Waals surface area contributed by atoms with Crippen molar-refractivity contribution < 1.29 is 9.53 Å². The summed E-state index contributed by atoms with van der Waals surface area (Å²) in [5.74, 6) is 0. The van der Waals surface area contributed by atoms with Gasteiger partial charge in [0.25, 0.3) is 6.47 Å². The highest BCUT2D eigenvalue weighted by molar-refractivity contribution is 7.12. The normalized spacial score (nSPS) is 10.1. The van der Waals surface area contributed by atoms with E-state index in [0.717, 1.165) is 5.56 Å². The molecular weight excluding hydrogens is 216 g/mol. The minimum absolute atomic E-state index is 0.453. The molecule has 0 saturated heterocycles. The van der Waals surface area contributed by atoms with E-state index in [0.29, 0.717) is 11.5 Å². The second kappa shape index (κ2) is 3.94. The second-order valence-corrected chi connectivity index (χ2v) is 4.80. The number of carbonyl (C=O) groups is 1. The molecule has 0 aliphatic carbocycles. The Morgan fingerprint density at radius 2 is 1.93 bits per heavy atom. The van der Waals surface area contributed by atoms with Gasteiger partial charge in [-0.2, -0.15) is 0 Å². The maximum atomic E-state index is 10.1. The fourth-order valence-electron chi connectivity index (χ4n) is 1.17. The third kappa shape index (κ3) is 1.86. The summed E-state index contributed by atoms with van der Waals surface area (Å²) >= 11 is 3.15. The topological polar surface area (TPSA) is 26.3 Å². The molecule has 0 amide bonds. The van der Waals surface area contributed by atoms with E-state index >= 15 is 0 Å². The lowest BCUT2D eigenvalue weighted by molar-refractivity contribution is -0.120. The standard InChI is InChI=1S/C10H8O2S2/c1-7-2-8(4-13-7)9-3-10(12-6-11)14-5-9/h2-6H,1H3. The van der Waals surface area contributed by atoms with Crippen molar-refractivity contribution in [1.82, 2.24) is 0 Å². The fraction of sp³-hybridized carbons (Fsp3) is 0.100. The van der Waals surface area contributed by atoms with Crippen molar-refractivity contribution in [2.24, 2.45) is 0 Å².